The summed E-state index contributed by atoms with van der Waals surface area (Å²) in [5.41, 5.74) is 5.05. The Hall–Kier alpha value is -3.06. The summed E-state index contributed by atoms with van der Waals surface area (Å²) in [4.78, 5) is 2.31. The van der Waals surface area contributed by atoms with Gasteiger partial charge in [0.2, 0.25) is 0 Å². The number of ether oxygens (including phenoxy) is 1. The van der Waals surface area contributed by atoms with Gasteiger partial charge in [0.1, 0.15) is 0 Å². The van der Waals surface area contributed by atoms with Crippen molar-refractivity contribution in [2.24, 2.45) is 0 Å². The zero-order chi connectivity index (χ0) is 26.9. The Morgan fingerprint density at radius 2 is 1.26 bits per heavy atom. The average molecular weight is 627 g/mol. The van der Waals surface area contributed by atoms with Gasteiger partial charge in [0.05, 0.1) is 0 Å². The molecule has 0 radical (unpaired) electrons. The van der Waals surface area contributed by atoms with Crippen LogP contribution in [0.5, 0.6) is 0 Å². The fourth-order valence-electron chi connectivity index (χ4n) is 3.12. The zero-order valence-electron chi connectivity index (χ0n) is 18.5. The molecule has 1 aliphatic rings. The van der Waals surface area contributed by atoms with Gasteiger partial charge in [0.25, 0.3) is 0 Å². The molecule has 1 heterocycles. The Morgan fingerprint density at radius 1 is 0.824 bits per heavy atom. The quantitative estimate of drug-likeness (QED) is 0.367. The van der Waals surface area contributed by atoms with Gasteiger partial charge in [-0.05, 0) is 0 Å². The van der Waals surface area contributed by atoms with E-state index in [1.807, 2.05) is 0 Å². The van der Waals surface area contributed by atoms with Crippen LogP contribution in [0, 0.1) is 33.3 Å². The van der Waals surface area contributed by atoms with Crippen LogP contribution in [0.15, 0.2) is 78.5 Å². The molecule has 0 saturated heterocycles. The summed E-state index contributed by atoms with van der Waals surface area (Å²) in [6.07, 6.45) is 4.49. The van der Waals surface area contributed by atoms with Gasteiger partial charge < -0.3 is 0 Å². The summed E-state index contributed by atoms with van der Waals surface area (Å²) in [5.74, 6) is 0.219. The van der Waals surface area contributed by atoms with Crippen molar-refractivity contribution >= 4 is 9.78 Å². The van der Waals surface area contributed by atoms with Crippen molar-refractivity contribution in [3.05, 3.63) is 123 Å². The van der Waals surface area contributed by atoms with Crippen LogP contribution in [-0.2, 0) is 47.4 Å². The Kier molecular flexibility index (Phi) is 25.7. The SMILES string of the molecule is CCN1C=CC(c2ccccc2)C([C](=[W])OC)=C1c1ccccc1.[C-]#[O+].[C-]#[O+].[C-]#[O+].[C-]#[O+].[C-]#[O+]. The molecule has 3 rings (SSSR count). The van der Waals surface area contributed by atoms with Gasteiger partial charge >= 0.3 is 211 Å². The Bertz CT molecular complexity index is 954. The number of benzene rings is 2. The monoisotopic (exact) mass is 627 g/mol. The predicted octanol–water partition coefficient (Wildman–Crippen LogP) is 4.17. The summed E-state index contributed by atoms with van der Waals surface area (Å²) >= 11 is 1.35. The number of rotatable bonds is 5. The Balaban J connectivity index is -0.000000854. The second kappa shape index (κ2) is 24.6. The Labute approximate surface area is 211 Å². The molecule has 0 N–H and O–H groups in total. The fraction of sp³-hybridized carbons (Fsp3) is 0.154. The molecule has 0 bridgehead atoms. The molecule has 2 aromatic rings. The Morgan fingerprint density at radius 3 is 1.68 bits per heavy atom. The molecule has 1 aliphatic heterocycles. The maximum atomic E-state index is 7.50. The molecule has 0 saturated carbocycles. The van der Waals surface area contributed by atoms with Crippen molar-refractivity contribution in [2.45, 2.75) is 12.8 Å². The molecule has 7 nitrogen and oxygen atoms in total. The summed E-state index contributed by atoms with van der Waals surface area (Å²) in [5, 5.41) is 0. The molecule has 1 unspecified atom stereocenters. The van der Waals surface area contributed by atoms with E-state index in [0.717, 1.165) is 10.6 Å². The maximum absolute atomic E-state index is 7.50. The average Bonchev–Trinajstić information content (AvgIpc) is 2.98. The van der Waals surface area contributed by atoms with Crippen LogP contribution in [0.4, 0.5) is 0 Å². The molecule has 172 valence electrons. The van der Waals surface area contributed by atoms with E-state index >= 15 is 0 Å². The minimum absolute atomic E-state index is 0.219. The third-order valence-electron chi connectivity index (χ3n) is 4.26. The first kappa shape index (κ1) is 35.5. The van der Waals surface area contributed by atoms with Crippen molar-refractivity contribution in [3.8, 4) is 0 Å². The molecular weight excluding hydrogens is 606 g/mol. The van der Waals surface area contributed by atoms with Gasteiger partial charge in [-0.3, -0.25) is 0 Å². The number of nitrogens with zero attached hydrogens (tertiary/aromatic N) is 1. The van der Waals surface area contributed by atoms with Crippen molar-refractivity contribution in [1.82, 2.24) is 4.90 Å². The predicted molar refractivity (Wildman–Crippen MR) is 116 cm³/mol. The number of hydrogen-bond donors (Lipinski definition) is 0. The van der Waals surface area contributed by atoms with E-state index in [-0.39, 0.29) is 5.92 Å². The van der Waals surface area contributed by atoms with Gasteiger partial charge in [-0.15, -0.1) is 0 Å². The van der Waals surface area contributed by atoms with Crippen LogP contribution >= 0.6 is 0 Å². The normalized spacial score (nSPS) is 12.5. The van der Waals surface area contributed by atoms with Crippen molar-refractivity contribution in [1.29, 1.82) is 0 Å². The van der Waals surface area contributed by atoms with Crippen molar-refractivity contribution in [3.63, 3.8) is 0 Å². The topological polar surface area (TPSA) is 112 Å². The summed E-state index contributed by atoms with van der Waals surface area (Å²) in [7, 11) is 1.77. The molecule has 8 heteroatoms. The summed E-state index contributed by atoms with van der Waals surface area (Å²) in [6.45, 7) is 25.6. The number of allylic oxidation sites excluding steroid dienone is 1. The van der Waals surface area contributed by atoms with Crippen LogP contribution in [0.1, 0.15) is 24.0 Å². The summed E-state index contributed by atoms with van der Waals surface area (Å²) in [6, 6.07) is 21.3. The van der Waals surface area contributed by atoms with E-state index in [1.54, 1.807) is 7.11 Å². The van der Waals surface area contributed by atoms with E-state index in [4.69, 9.17) is 28.0 Å². The van der Waals surface area contributed by atoms with Crippen molar-refractivity contribution in [2.75, 3.05) is 13.7 Å². The molecule has 0 aromatic heterocycles. The first-order valence-electron chi connectivity index (χ1n) is 9.16. The molecule has 0 aliphatic carbocycles. The molecule has 2 aromatic carbocycles. The van der Waals surface area contributed by atoms with Crippen LogP contribution < -0.4 is 0 Å². The van der Waals surface area contributed by atoms with E-state index in [0.29, 0.717) is 0 Å². The van der Waals surface area contributed by atoms with E-state index in [2.05, 4.69) is 118 Å². The van der Waals surface area contributed by atoms with Crippen molar-refractivity contribution < 1.29 is 47.4 Å². The van der Waals surface area contributed by atoms with Crippen LogP contribution in [0.25, 0.3) is 5.70 Å². The van der Waals surface area contributed by atoms with E-state index in [1.165, 1.54) is 41.8 Å². The number of methoxy groups -OCH3 is 1. The van der Waals surface area contributed by atoms with E-state index < -0.39 is 0 Å². The van der Waals surface area contributed by atoms with Gasteiger partial charge in [0.15, 0.2) is 0 Å². The molecular formula is C26H21NO6W. The first-order chi connectivity index (χ1) is 16.8. The van der Waals surface area contributed by atoms with Crippen LogP contribution in [0.2, 0.25) is 0 Å². The third kappa shape index (κ3) is 10.7. The number of hydrogen-bond acceptors (Lipinski definition) is 2. The van der Waals surface area contributed by atoms with Gasteiger partial charge in [-0.1, -0.05) is 0 Å². The minimum atomic E-state index is 0.219. The van der Waals surface area contributed by atoms with E-state index in [9.17, 15) is 0 Å². The third-order valence-corrected chi connectivity index (χ3v) is 5.65. The summed E-state index contributed by atoms with van der Waals surface area (Å²) < 4.78 is 44.3. The molecule has 0 amide bonds. The van der Waals surface area contributed by atoms with Gasteiger partial charge in [-0.2, -0.15) is 0 Å². The van der Waals surface area contributed by atoms with Gasteiger partial charge in [0, 0.05) is 0 Å². The zero-order valence-corrected chi connectivity index (χ0v) is 21.5. The van der Waals surface area contributed by atoms with Crippen LogP contribution in [-0.4, -0.2) is 22.6 Å². The fourth-order valence-corrected chi connectivity index (χ4v) is 3.92. The first-order valence-corrected chi connectivity index (χ1v) is 10.6. The molecule has 1 atom stereocenters. The second-order valence-corrected chi connectivity index (χ2v) is 6.97. The molecule has 0 fully saturated rings. The molecule has 34 heavy (non-hydrogen) atoms. The second-order valence-electron chi connectivity index (χ2n) is 5.64. The molecule has 0 spiro atoms. The van der Waals surface area contributed by atoms with Crippen LogP contribution in [0.3, 0.4) is 0 Å². The van der Waals surface area contributed by atoms with Gasteiger partial charge in [-0.25, -0.2) is 0 Å². The standard InChI is InChI=1S/C21H21NO.5CO.W/c1-3-22-15-14-19(17-10-6-4-7-11-17)20(16-23-2)21(22)18-12-8-5-9-13-18;5*1-2;/h4-15,19H,3H2,1-2H3;;;;;;.